The van der Waals surface area contributed by atoms with Crippen LogP contribution in [0.25, 0.3) is 0 Å². The van der Waals surface area contributed by atoms with Crippen molar-refractivity contribution in [2.75, 3.05) is 19.7 Å². The zero-order chi connectivity index (χ0) is 7.23. The molecule has 58 valence electrons. The van der Waals surface area contributed by atoms with Gasteiger partial charge in [-0.2, -0.15) is 0 Å². The minimum atomic E-state index is 0.299. The summed E-state index contributed by atoms with van der Waals surface area (Å²) in [7, 11) is 0. The Morgan fingerprint density at radius 3 is 3.00 bits per heavy atom. The van der Waals surface area contributed by atoms with Gasteiger partial charge in [-0.1, -0.05) is 0 Å². The number of rotatable bonds is 4. The summed E-state index contributed by atoms with van der Waals surface area (Å²) in [6.07, 6.45) is 2.93. The molecule has 1 aliphatic rings. The van der Waals surface area contributed by atoms with Crippen LogP contribution in [0.2, 0.25) is 0 Å². The number of unbranched alkanes of at least 4 members (excludes halogenated alkanes) is 1. The summed E-state index contributed by atoms with van der Waals surface area (Å²) in [6, 6.07) is 0. The van der Waals surface area contributed by atoms with Crippen LogP contribution in [0.4, 0.5) is 0 Å². The van der Waals surface area contributed by atoms with Gasteiger partial charge in [0.1, 0.15) is 0 Å². The van der Waals surface area contributed by atoms with E-state index in [-0.39, 0.29) is 0 Å². The zero-order valence-electron chi connectivity index (χ0n) is 6.14. The van der Waals surface area contributed by atoms with Crippen LogP contribution in [-0.4, -0.2) is 30.6 Å². The molecule has 0 aliphatic carbocycles. The highest BCUT2D eigenvalue weighted by molar-refractivity contribution is 5.83. The summed E-state index contributed by atoms with van der Waals surface area (Å²) in [6.45, 7) is 2.22. The van der Waals surface area contributed by atoms with Gasteiger partial charge in [-0.15, -0.1) is 0 Å². The third kappa shape index (κ3) is 2.35. The zero-order valence-corrected chi connectivity index (χ0v) is 6.14. The smallest absolute Gasteiger partial charge is 0.0964 e. The normalized spacial score (nSPS) is 16.7. The second-order valence-corrected chi connectivity index (χ2v) is 2.44. The first-order valence-electron chi connectivity index (χ1n) is 3.81. The second-order valence-electron chi connectivity index (χ2n) is 2.44. The summed E-state index contributed by atoms with van der Waals surface area (Å²) in [5.74, 6) is 1.12. The molecule has 0 bridgehead atoms. The van der Waals surface area contributed by atoms with Crippen molar-refractivity contribution in [1.82, 2.24) is 5.32 Å². The van der Waals surface area contributed by atoms with Crippen LogP contribution in [0.15, 0.2) is 4.99 Å². The first kappa shape index (κ1) is 7.54. The molecule has 0 radical (unpaired) electrons. The van der Waals surface area contributed by atoms with Gasteiger partial charge in [0.15, 0.2) is 0 Å². The number of hydrogen-bond acceptors (Lipinski definition) is 3. The fourth-order valence-corrected chi connectivity index (χ4v) is 1.02. The number of aliphatic hydroxyl groups excluding tert-OH is 1. The molecule has 10 heavy (non-hydrogen) atoms. The largest absolute Gasteiger partial charge is 0.396 e. The van der Waals surface area contributed by atoms with Crippen molar-refractivity contribution < 1.29 is 5.11 Å². The van der Waals surface area contributed by atoms with Gasteiger partial charge in [0.2, 0.25) is 0 Å². The molecule has 0 atom stereocenters. The number of hydrogen-bond donors (Lipinski definition) is 2. The summed E-state index contributed by atoms with van der Waals surface area (Å²) in [4.78, 5) is 4.23. The Morgan fingerprint density at radius 2 is 2.40 bits per heavy atom. The van der Waals surface area contributed by atoms with Crippen LogP contribution in [0, 0.1) is 0 Å². The molecule has 0 aromatic heterocycles. The predicted molar refractivity (Wildman–Crippen MR) is 41.2 cm³/mol. The van der Waals surface area contributed by atoms with Crippen molar-refractivity contribution in [3.8, 4) is 0 Å². The van der Waals surface area contributed by atoms with Crippen molar-refractivity contribution in [2.24, 2.45) is 4.99 Å². The summed E-state index contributed by atoms with van der Waals surface area (Å²) in [5, 5.41) is 11.7. The van der Waals surface area contributed by atoms with E-state index in [0.29, 0.717) is 6.61 Å². The van der Waals surface area contributed by atoms with E-state index in [2.05, 4.69) is 10.3 Å². The molecule has 2 N–H and O–H groups in total. The Balaban J connectivity index is 2.01. The van der Waals surface area contributed by atoms with E-state index in [9.17, 15) is 0 Å². The Labute approximate surface area is 61.2 Å². The van der Waals surface area contributed by atoms with Gasteiger partial charge in [0.05, 0.1) is 12.4 Å². The lowest BCUT2D eigenvalue weighted by Gasteiger charge is -1.99. The van der Waals surface area contributed by atoms with Crippen LogP contribution in [-0.2, 0) is 0 Å². The summed E-state index contributed by atoms with van der Waals surface area (Å²) in [5.41, 5.74) is 0. The van der Waals surface area contributed by atoms with E-state index in [1.54, 1.807) is 0 Å². The highest BCUT2D eigenvalue weighted by Crippen LogP contribution is 1.98. The van der Waals surface area contributed by atoms with Crippen LogP contribution < -0.4 is 5.32 Å². The molecule has 0 amide bonds. The van der Waals surface area contributed by atoms with Gasteiger partial charge in [-0.25, -0.2) is 0 Å². The SMILES string of the molecule is OCCCCC1=NCCN1. The van der Waals surface area contributed by atoms with Gasteiger partial charge in [0, 0.05) is 19.6 Å². The number of aliphatic imine (C=N–C) groups is 1. The van der Waals surface area contributed by atoms with E-state index in [1.165, 1.54) is 0 Å². The Bertz CT molecular complexity index is 123. The van der Waals surface area contributed by atoms with Crippen molar-refractivity contribution in [2.45, 2.75) is 19.3 Å². The van der Waals surface area contributed by atoms with Gasteiger partial charge < -0.3 is 10.4 Å². The van der Waals surface area contributed by atoms with E-state index in [4.69, 9.17) is 5.11 Å². The summed E-state index contributed by atoms with van der Waals surface area (Å²) >= 11 is 0. The van der Waals surface area contributed by atoms with Crippen molar-refractivity contribution in [1.29, 1.82) is 0 Å². The second kappa shape index (κ2) is 4.28. The fraction of sp³-hybridized carbons (Fsp3) is 0.857. The van der Waals surface area contributed by atoms with Crippen molar-refractivity contribution in [3.05, 3.63) is 0 Å². The molecule has 0 aromatic carbocycles. The predicted octanol–water partition coefficient (Wildman–Crippen LogP) is 0.151. The molecule has 0 aromatic rings. The molecular weight excluding hydrogens is 128 g/mol. The molecule has 0 unspecified atom stereocenters. The van der Waals surface area contributed by atoms with Crippen LogP contribution in [0.5, 0.6) is 0 Å². The summed E-state index contributed by atoms with van der Waals surface area (Å²) < 4.78 is 0. The highest BCUT2D eigenvalue weighted by Gasteiger charge is 2.02. The van der Waals surface area contributed by atoms with Gasteiger partial charge >= 0.3 is 0 Å². The first-order chi connectivity index (χ1) is 4.93. The highest BCUT2D eigenvalue weighted by atomic mass is 16.2. The number of amidine groups is 1. The van der Waals surface area contributed by atoms with E-state index < -0.39 is 0 Å². The van der Waals surface area contributed by atoms with E-state index >= 15 is 0 Å². The van der Waals surface area contributed by atoms with E-state index in [1.807, 2.05) is 0 Å². The number of nitrogens with zero attached hydrogens (tertiary/aromatic N) is 1. The van der Waals surface area contributed by atoms with Crippen LogP contribution >= 0.6 is 0 Å². The minimum absolute atomic E-state index is 0.299. The van der Waals surface area contributed by atoms with Crippen LogP contribution in [0.1, 0.15) is 19.3 Å². The Hall–Kier alpha value is -0.570. The lowest BCUT2D eigenvalue weighted by molar-refractivity contribution is 0.285. The van der Waals surface area contributed by atoms with Crippen molar-refractivity contribution >= 4 is 5.84 Å². The third-order valence-electron chi connectivity index (χ3n) is 1.57. The van der Waals surface area contributed by atoms with E-state index in [0.717, 1.165) is 38.2 Å². The number of aliphatic hydroxyl groups is 1. The van der Waals surface area contributed by atoms with Gasteiger partial charge in [-0.05, 0) is 12.8 Å². The topological polar surface area (TPSA) is 44.6 Å². The van der Waals surface area contributed by atoms with Gasteiger partial charge in [0.25, 0.3) is 0 Å². The third-order valence-corrected chi connectivity index (χ3v) is 1.57. The quantitative estimate of drug-likeness (QED) is 0.549. The maximum atomic E-state index is 8.48. The monoisotopic (exact) mass is 142 g/mol. The lowest BCUT2D eigenvalue weighted by atomic mass is 10.2. The first-order valence-corrected chi connectivity index (χ1v) is 3.81. The van der Waals surface area contributed by atoms with Crippen molar-refractivity contribution in [3.63, 3.8) is 0 Å². The number of nitrogens with one attached hydrogen (secondary N) is 1. The molecular formula is C7H14N2O. The molecule has 3 heteroatoms. The average Bonchev–Trinajstić information content (AvgIpc) is 2.41. The molecule has 0 spiro atoms. The van der Waals surface area contributed by atoms with Crippen LogP contribution in [0.3, 0.4) is 0 Å². The molecule has 0 fully saturated rings. The Morgan fingerprint density at radius 1 is 1.50 bits per heavy atom. The standard InChI is InChI=1S/C7H14N2O/c10-6-2-1-3-7-8-4-5-9-7/h10H,1-6H2,(H,8,9). The fourth-order valence-electron chi connectivity index (χ4n) is 1.02. The van der Waals surface area contributed by atoms with Gasteiger partial charge in [-0.3, -0.25) is 4.99 Å². The molecule has 1 rings (SSSR count). The molecule has 0 saturated heterocycles. The maximum Gasteiger partial charge on any atom is 0.0964 e. The molecule has 3 nitrogen and oxygen atoms in total. The Kier molecular flexibility index (Phi) is 3.22. The molecule has 0 saturated carbocycles. The minimum Gasteiger partial charge on any atom is -0.396 e. The maximum absolute atomic E-state index is 8.48. The molecule has 1 aliphatic heterocycles. The molecule has 1 heterocycles. The lowest BCUT2D eigenvalue weighted by Crippen LogP contribution is -2.18. The average molecular weight is 142 g/mol.